The second-order valence-electron chi connectivity index (χ2n) is 9.73. The van der Waals surface area contributed by atoms with Crippen LogP contribution >= 0.6 is 0 Å². The molecule has 38 heavy (non-hydrogen) atoms. The van der Waals surface area contributed by atoms with E-state index in [4.69, 9.17) is 10.5 Å². The number of fused-ring (bicyclic) bond motifs is 3. The van der Waals surface area contributed by atoms with Crippen molar-refractivity contribution in [1.29, 1.82) is 0 Å². The molecule has 2 amide bonds. The number of hydrogen-bond donors (Lipinski definition) is 2. The van der Waals surface area contributed by atoms with E-state index < -0.39 is 5.91 Å². The normalized spacial score (nSPS) is 14.2. The van der Waals surface area contributed by atoms with Crippen LogP contribution < -0.4 is 10.5 Å². The molecule has 1 aliphatic heterocycles. The first-order valence-electron chi connectivity index (χ1n) is 12.7. The molecule has 1 aliphatic rings. The second kappa shape index (κ2) is 9.68. The third-order valence-corrected chi connectivity index (χ3v) is 7.18. The van der Waals surface area contributed by atoms with Gasteiger partial charge in [-0.05, 0) is 66.7 Å². The summed E-state index contributed by atoms with van der Waals surface area (Å²) in [5, 5.41) is 1.82. The Morgan fingerprint density at radius 1 is 0.789 bits per heavy atom. The monoisotopic (exact) mass is 504 g/mol. The fraction of sp³-hybridized carbons (Fsp3) is 0.161. The molecule has 5 aromatic rings. The zero-order valence-electron chi connectivity index (χ0n) is 21.1. The Morgan fingerprint density at radius 3 is 2.21 bits per heavy atom. The van der Waals surface area contributed by atoms with Gasteiger partial charge in [-0.3, -0.25) is 9.59 Å². The fourth-order valence-corrected chi connectivity index (χ4v) is 5.03. The second-order valence-corrected chi connectivity index (χ2v) is 9.73. The van der Waals surface area contributed by atoms with Crippen LogP contribution in [0.1, 0.15) is 20.7 Å². The molecule has 0 bridgehead atoms. The smallest absolute Gasteiger partial charge is 0.254 e. The first-order chi connectivity index (χ1) is 18.5. The molecule has 0 radical (unpaired) electrons. The summed E-state index contributed by atoms with van der Waals surface area (Å²) in [6.45, 7) is 3.16. The quantitative estimate of drug-likeness (QED) is 0.341. The van der Waals surface area contributed by atoms with E-state index >= 15 is 0 Å². The molecule has 4 aromatic carbocycles. The van der Waals surface area contributed by atoms with Gasteiger partial charge in [-0.2, -0.15) is 0 Å². The lowest BCUT2D eigenvalue weighted by molar-refractivity contribution is 0.0664. The molecule has 0 atom stereocenters. The van der Waals surface area contributed by atoms with E-state index in [9.17, 15) is 9.59 Å². The van der Waals surface area contributed by atoms with E-state index in [2.05, 4.69) is 23.0 Å². The number of rotatable bonds is 5. The molecule has 7 heteroatoms. The third kappa shape index (κ3) is 4.48. The molecule has 0 saturated carbocycles. The number of primary amides is 1. The van der Waals surface area contributed by atoms with Crippen LogP contribution in [0.3, 0.4) is 0 Å². The van der Waals surface area contributed by atoms with E-state index in [0.717, 1.165) is 52.0 Å². The summed E-state index contributed by atoms with van der Waals surface area (Å²) in [5.41, 5.74) is 10.1. The maximum atomic E-state index is 13.1. The van der Waals surface area contributed by atoms with Gasteiger partial charge >= 0.3 is 0 Å². The van der Waals surface area contributed by atoms with Gasteiger partial charge in [-0.1, -0.05) is 36.4 Å². The Kier molecular flexibility index (Phi) is 6.05. The lowest BCUT2D eigenvalue weighted by atomic mass is 9.98. The van der Waals surface area contributed by atoms with Gasteiger partial charge in [0.1, 0.15) is 11.5 Å². The van der Waals surface area contributed by atoms with Gasteiger partial charge in [0, 0.05) is 48.0 Å². The highest BCUT2D eigenvalue weighted by atomic mass is 16.5. The number of H-pyrrole nitrogens is 1. The molecule has 190 valence electrons. The Morgan fingerprint density at radius 2 is 1.50 bits per heavy atom. The molecule has 6 rings (SSSR count). The number of piperazine rings is 1. The molecule has 2 heterocycles. The number of nitrogens with two attached hydrogens (primary N) is 1. The number of amides is 2. The minimum absolute atomic E-state index is 0.0206. The van der Waals surface area contributed by atoms with E-state index in [1.165, 1.54) is 0 Å². The highest BCUT2D eigenvalue weighted by molar-refractivity contribution is 6.17. The standard InChI is InChI=1S/C31H28N4O3/c1-34-13-15-35(16-14-34)31(37)21-9-12-25-26-17-22(18-27(30(32)36)29(26)33-28(25)19-21)20-7-10-24(11-8-20)38-23-5-3-2-4-6-23/h2-12,17-19,33H,13-16H2,1H3,(H2,32,36). The van der Waals surface area contributed by atoms with Crippen molar-refractivity contribution in [3.8, 4) is 22.6 Å². The molecular formula is C31H28N4O3. The predicted octanol–water partition coefficient (Wildman–Crippen LogP) is 5.27. The van der Waals surface area contributed by atoms with Crippen molar-refractivity contribution in [1.82, 2.24) is 14.8 Å². The number of benzene rings is 4. The number of carbonyl (C=O) groups is 2. The van der Waals surface area contributed by atoms with Crippen molar-refractivity contribution in [3.63, 3.8) is 0 Å². The topological polar surface area (TPSA) is 91.7 Å². The number of hydrogen-bond acceptors (Lipinski definition) is 4. The summed E-state index contributed by atoms with van der Waals surface area (Å²) in [6.07, 6.45) is 0. The number of likely N-dealkylation sites (N-methyl/N-ethyl adjacent to an activating group) is 1. The Bertz CT molecular complexity index is 1650. The van der Waals surface area contributed by atoms with Gasteiger partial charge in [0.25, 0.3) is 11.8 Å². The summed E-state index contributed by atoms with van der Waals surface area (Å²) in [6, 6.07) is 26.9. The van der Waals surface area contributed by atoms with E-state index in [1.54, 1.807) is 0 Å². The minimum atomic E-state index is -0.513. The lowest BCUT2D eigenvalue weighted by Gasteiger charge is -2.32. The van der Waals surface area contributed by atoms with E-state index in [1.807, 2.05) is 83.8 Å². The highest BCUT2D eigenvalue weighted by Crippen LogP contribution is 2.34. The molecule has 1 fully saturated rings. The molecular weight excluding hydrogens is 476 g/mol. The SMILES string of the molecule is CN1CCN(C(=O)c2ccc3c(c2)[nH]c2c(C(N)=O)cc(-c4ccc(Oc5ccccc5)cc4)cc23)CC1. The first-order valence-corrected chi connectivity index (χ1v) is 12.7. The van der Waals surface area contributed by atoms with Crippen molar-refractivity contribution in [3.05, 3.63) is 96.1 Å². The van der Waals surface area contributed by atoms with E-state index in [0.29, 0.717) is 29.7 Å². The van der Waals surface area contributed by atoms with Crippen molar-refractivity contribution < 1.29 is 14.3 Å². The third-order valence-electron chi connectivity index (χ3n) is 7.18. The number of nitrogens with one attached hydrogen (secondary N) is 1. The van der Waals surface area contributed by atoms with Gasteiger partial charge in [-0.15, -0.1) is 0 Å². The molecule has 7 nitrogen and oxygen atoms in total. The van der Waals surface area contributed by atoms with Gasteiger partial charge in [0.15, 0.2) is 0 Å². The fourth-order valence-electron chi connectivity index (χ4n) is 5.03. The van der Waals surface area contributed by atoms with Crippen LogP contribution in [0.15, 0.2) is 84.9 Å². The van der Waals surface area contributed by atoms with Gasteiger partial charge in [-0.25, -0.2) is 0 Å². The summed E-state index contributed by atoms with van der Waals surface area (Å²) in [4.78, 5) is 33.0. The summed E-state index contributed by atoms with van der Waals surface area (Å²) in [5.74, 6) is 0.996. The number of ether oxygens (including phenoxy) is 1. The average Bonchev–Trinajstić information content (AvgIpc) is 3.31. The van der Waals surface area contributed by atoms with Crippen LogP contribution in [0.4, 0.5) is 0 Å². The van der Waals surface area contributed by atoms with Crippen LogP contribution in [0.5, 0.6) is 11.5 Å². The van der Waals surface area contributed by atoms with Crippen molar-refractivity contribution in [2.75, 3.05) is 33.2 Å². The predicted molar refractivity (Wildman–Crippen MR) is 150 cm³/mol. The largest absolute Gasteiger partial charge is 0.457 e. The number of aromatic nitrogens is 1. The van der Waals surface area contributed by atoms with Crippen LogP contribution in [-0.4, -0.2) is 59.8 Å². The van der Waals surface area contributed by atoms with Crippen LogP contribution in [0, 0.1) is 0 Å². The maximum Gasteiger partial charge on any atom is 0.254 e. The number of para-hydroxylation sites is 1. The van der Waals surface area contributed by atoms with Crippen molar-refractivity contribution in [2.45, 2.75) is 0 Å². The lowest BCUT2D eigenvalue weighted by Crippen LogP contribution is -2.47. The average molecular weight is 505 g/mol. The van der Waals surface area contributed by atoms with Crippen LogP contribution in [0.25, 0.3) is 32.9 Å². The summed E-state index contributed by atoms with van der Waals surface area (Å²) < 4.78 is 5.91. The number of carbonyl (C=O) groups excluding carboxylic acids is 2. The summed E-state index contributed by atoms with van der Waals surface area (Å²) in [7, 11) is 2.07. The maximum absolute atomic E-state index is 13.1. The molecule has 0 aliphatic carbocycles. The minimum Gasteiger partial charge on any atom is -0.457 e. The number of nitrogens with zero attached hydrogens (tertiary/aromatic N) is 2. The zero-order valence-corrected chi connectivity index (χ0v) is 21.1. The van der Waals surface area contributed by atoms with Gasteiger partial charge in [0.05, 0.1) is 11.1 Å². The molecule has 0 unspecified atom stereocenters. The molecule has 3 N–H and O–H groups in total. The van der Waals surface area contributed by atoms with Gasteiger partial charge < -0.3 is 25.3 Å². The highest BCUT2D eigenvalue weighted by Gasteiger charge is 2.22. The van der Waals surface area contributed by atoms with Crippen molar-refractivity contribution >= 4 is 33.6 Å². The first kappa shape index (κ1) is 23.8. The Labute approximate surface area is 220 Å². The Balaban J connectivity index is 1.36. The molecule has 1 saturated heterocycles. The zero-order chi connectivity index (χ0) is 26.2. The van der Waals surface area contributed by atoms with E-state index in [-0.39, 0.29) is 5.91 Å². The van der Waals surface area contributed by atoms with Crippen molar-refractivity contribution in [2.24, 2.45) is 5.73 Å². The number of aromatic amines is 1. The van der Waals surface area contributed by atoms with Crippen LogP contribution in [-0.2, 0) is 0 Å². The molecule has 0 spiro atoms. The van der Waals surface area contributed by atoms with Crippen LogP contribution in [0.2, 0.25) is 0 Å². The Hall–Kier alpha value is -4.62. The summed E-state index contributed by atoms with van der Waals surface area (Å²) >= 11 is 0. The molecule has 1 aromatic heterocycles. The van der Waals surface area contributed by atoms with Gasteiger partial charge in [0.2, 0.25) is 0 Å².